The molecular weight excluding hydrogens is 214 g/mol. The van der Waals surface area contributed by atoms with Crippen LogP contribution in [-0.2, 0) is 9.59 Å². The summed E-state index contributed by atoms with van der Waals surface area (Å²) in [5.41, 5.74) is 4.89. The van der Waals surface area contributed by atoms with Crippen molar-refractivity contribution < 1.29 is 19.5 Å². The lowest BCUT2D eigenvalue weighted by atomic mass is 10.2. The number of hydrogen-bond donors (Lipinski definition) is 3. The summed E-state index contributed by atoms with van der Waals surface area (Å²) >= 11 is 0. The molecular formula is C9H15N3O4. The van der Waals surface area contributed by atoms with Crippen LogP contribution in [0.2, 0.25) is 0 Å². The molecule has 1 heterocycles. The van der Waals surface area contributed by atoms with Crippen molar-refractivity contribution in [2.45, 2.75) is 31.8 Å². The van der Waals surface area contributed by atoms with Gasteiger partial charge in [-0.3, -0.25) is 4.79 Å². The van der Waals surface area contributed by atoms with Crippen LogP contribution >= 0.6 is 0 Å². The van der Waals surface area contributed by atoms with Crippen LogP contribution in [0.1, 0.15) is 19.8 Å². The van der Waals surface area contributed by atoms with Crippen molar-refractivity contribution in [2.24, 2.45) is 5.73 Å². The molecule has 7 heteroatoms. The van der Waals surface area contributed by atoms with Gasteiger partial charge in [0.05, 0.1) is 0 Å². The molecule has 0 aromatic carbocycles. The van der Waals surface area contributed by atoms with Gasteiger partial charge in [0.2, 0.25) is 5.91 Å². The Balaban J connectivity index is 2.65. The second-order valence-corrected chi connectivity index (χ2v) is 3.76. The number of nitrogens with one attached hydrogen (secondary N) is 1. The Labute approximate surface area is 92.6 Å². The highest BCUT2D eigenvalue weighted by atomic mass is 16.4. The first-order valence-corrected chi connectivity index (χ1v) is 5.02. The molecule has 0 bridgehead atoms. The molecule has 1 aliphatic rings. The molecule has 0 aromatic heterocycles. The number of carbonyl (C=O) groups excluding carboxylic acids is 2. The molecule has 1 saturated heterocycles. The van der Waals surface area contributed by atoms with E-state index >= 15 is 0 Å². The predicted molar refractivity (Wildman–Crippen MR) is 54.6 cm³/mol. The first-order chi connectivity index (χ1) is 7.43. The maximum absolute atomic E-state index is 11.8. The minimum Gasteiger partial charge on any atom is -0.480 e. The molecule has 16 heavy (non-hydrogen) atoms. The standard InChI is InChI=1S/C9H15N3O4/c1-5(11-9(10)16)7(13)12-4-2-3-6(12)8(14)15/h5-6H,2-4H2,1H3,(H,14,15)(H3,10,11,16)/t5?,6-/m1/s1. The topological polar surface area (TPSA) is 113 Å². The fourth-order valence-corrected chi connectivity index (χ4v) is 1.81. The van der Waals surface area contributed by atoms with E-state index in [4.69, 9.17) is 10.8 Å². The lowest BCUT2D eigenvalue weighted by Gasteiger charge is -2.24. The number of aliphatic carboxylic acids is 1. The largest absolute Gasteiger partial charge is 0.480 e. The van der Waals surface area contributed by atoms with E-state index in [1.54, 1.807) is 0 Å². The Kier molecular flexibility index (Phi) is 3.70. The number of rotatable bonds is 3. The third kappa shape index (κ3) is 2.62. The lowest BCUT2D eigenvalue weighted by Crippen LogP contribution is -2.51. The number of nitrogens with two attached hydrogens (primary N) is 1. The van der Waals surface area contributed by atoms with Gasteiger partial charge in [0, 0.05) is 6.54 Å². The van der Waals surface area contributed by atoms with Crippen molar-refractivity contribution in [3.63, 3.8) is 0 Å². The van der Waals surface area contributed by atoms with Gasteiger partial charge in [0.15, 0.2) is 0 Å². The quantitative estimate of drug-likeness (QED) is 0.583. The third-order valence-corrected chi connectivity index (χ3v) is 2.55. The number of carboxylic acid groups (broad SMARTS) is 1. The van der Waals surface area contributed by atoms with Gasteiger partial charge in [-0.1, -0.05) is 0 Å². The van der Waals surface area contributed by atoms with Gasteiger partial charge in [0.25, 0.3) is 0 Å². The fourth-order valence-electron chi connectivity index (χ4n) is 1.81. The van der Waals surface area contributed by atoms with E-state index in [0.29, 0.717) is 19.4 Å². The maximum atomic E-state index is 11.8. The number of carboxylic acids is 1. The zero-order valence-corrected chi connectivity index (χ0v) is 8.97. The van der Waals surface area contributed by atoms with E-state index in [1.807, 2.05) is 0 Å². The van der Waals surface area contributed by atoms with E-state index in [9.17, 15) is 14.4 Å². The molecule has 7 nitrogen and oxygen atoms in total. The van der Waals surface area contributed by atoms with Gasteiger partial charge in [-0.05, 0) is 19.8 Å². The Morgan fingerprint density at radius 3 is 2.62 bits per heavy atom. The van der Waals surface area contributed by atoms with Crippen LogP contribution in [0, 0.1) is 0 Å². The average molecular weight is 229 g/mol. The van der Waals surface area contributed by atoms with Crippen molar-refractivity contribution in [1.82, 2.24) is 10.2 Å². The summed E-state index contributed by atoms with van der Waals surface area (Å²) in [4.78, 5) is 34.5. The molecule has 0 spiro atoms. The summed E-state index contributed by atoms with van der Waals surface area (Å²) in [5.74, 6) is -1.43. The lowest BCUT2D eigenvalue weighted by molar-refractivity contribution is -0.148. The second kappa shape index (κ2) is 4.82. The molecule has 2 atom stereocenters. The zero-order chi connectivity index (χ0) is 12.3. The van der Waals surface area contributed by atoms with Crippen LogP contribution in [0.5, 0.6) is 0 Å². The number of amides is 3. The first-order valence-electron chi connectivity index (χ1n) is 5.02. The maximum Gasteiger partial charge on any atom is 0.326 e. The van der Waals surface area contributed by atoms with Crippen LogP contribution in [0.3, 0.4) is 0 Å². The van der Waals surface area contributed by atoms with Crippen molar-refractivity contribution in [3.8, 4) is 0 Å². The van der Waals surface area contributed by atoms with E-state index < -0.39 is 30.0 Å². The Hall–Kier alpha value is -1.79. The van der Waals surface area contributed by atoms with Gasteiger partial charge in [0.1, 0.15) is 12.1 Å². The van der Waals surface area contributed by atoms with E-state index in [2.05, 4.69) is 5.32 Å². The average Bonchev–Trinajstić information content (AvgIpc) is 2.63. The van der Waals surface area contributed by atoms with Gasteiger partial charge in [-0.2, -0.15) is 0 Å². The van der Waals surface area contributed by atoms with Crippen LogP contribution in [-0.4, -0.2) is 46.5 Å². The summed E-state index contributed by atoms with van der Waals surface area (Å²) < 4.78 is 0. The van der Waals surface area contributed by atoms with Crippen molar-refractivity contribution >= 4 is 17.9 Å². The first kappa shape index (κ1) is 12.3. The molecule has 0 saturated carbocycles. The molecule has 1 aliphatic heterocycles. The van der Waals surface area contributed by atoms with Gasteiger partial charge < -0.3 is 21.1 Å². The van der Waals surface area contributed by atoms with Gasteiger partial charge in [-0.25, -0.2) is 9.59 Å². The SMILES string of the molecule is CC(NC(N)=O)C(=O)N1CCC[C@@H]1C(=O)O. The monoisotopic (exact) mass is 229 g/mol. The molecule has 1 fully saturated rings. The molecule has 4 N–H and O–H groups in total. The highest BCUT2D eigenvalue weighted by Gasteiger charge is 2.35. The summed E-state index contributed by atoms with van der Waals surface area (Å²) in [6.45, 7) is 1.88. The molecule has 90 valence electrons. The summed E-state index contributed by atoms with van der Waals surface area (Å²) in [5, 5.41) is 11.1. The number of likely N-dealkylation sites (tertiary alicyclic amines) is 1. The third-order valence-electron chi connectivity index (χ3n) is 2.55. The molecule has 0 aromatic rings. The van der Waals surface area contributed by atoms with Crippen LogP contribution < -0.4 is 11.1 Å². The normalized spacial score (nSPS) is 21.6. The van der Waals surface area contributed by atoms with Gasteiger partial charge >= 0.3 is 12.0 Å². The second-order valence-electron chi connectivity index (χ2n) is 3.76. The number of urea groups is 1. The van der Waals surface area contributed by atoms with E-state index in [-0.39, 0.29) is 0 Å². The molecule has 1 unspecified atom stereocenters. The predicted octanol–water partition coefficient (Wildman–Crippen LogP) is -0.881. The zero-order valence-electron chi connectivity index (χ0n) is 8.97. The summed E-state index contributed by atoms with van der Waals surface area (Å²) in [6, 6.07) is -2.38. The van der Waals surface area contributed by atoms with Crippen LogP contribution in [0.15, 0.2) is 0 Å². The number of nitrogens with zero attached hydrogens (tertiary/aromatic N) is 1. The Morgan fingerprint density at radius 2 is 2.12 bits per heavy atom. The number of hydrogen-bond acceptors (Lipinski definition) is 3. The highest BCUT2D eigenvalue weighted by molar-refractivity contribution is 5.89. The van der Waals surface area contributed by atoms with E-state index in [0.717, 1.165) is 0 Å². The van der Waals surface area contributed by atoms with Crippen LogP contribution in [0.25, 0.3) is 0 Å². The molecule has 1 rings (SSSR count). The fraction of sp³-hybridized carbons (Fsp3) is 0.667. The van der Waals surface area contributed by atoms with Gasteiger partial charge in [-0.15, -0.1) is 0 Å². The van der Waals surface area contributed by atoms with E-state index in [1.165, 1.54) is 11.8 Å². The summed E-state index contributed by atoms with van der Waals surface area (Å²) in [6.07, 6.45) is 1.11. The molecule has 3 amide bonds. The minimum atomic E-state index is -1.02. The molecule has 0 radical (unpaired) electrons. The minimum absolute atomic E-state index is 0.403. The number of carbonyl (C=O) groups is 3. The summed E-state index contributed by atoms with van der Waals surface area (Å²) in [7, 11) is 0. The van der Waals surface area contributed by atoms with Crippen LogP contribution in [0.4, 0.5) is 4.79 Å². The Morgan fingerprint density at radius 1 is 1.50 bits per heavy atom. The van der Waals surface area contributed by atoms with Crippen molar-refractivity contribution in [1.29, 1.82) is 0 Å². The highest BCUT2D eigenvalue weighted by Crippen LogP contribution is 2.18. The smallest absolute Gasteiger partial charge is 0.326 e. The Bertz CT molecular complexity index is 318. The van der Waals surface area contributed by atoms with Crippen molar-refractivity contribution in [2.75, 3.05) is 6.54 Å². The van der Waals surface area contributed by atoms with Crippen molar-refractivity contribution in [3.05, 3.63) is 0 Å². The number of primary amides is 1. The molecule has 0 aliphatic carbocycles.